The van der Waals surface area contributed by atoms with Crippen LogP contribution in [0.15, 0.2) is 24.3 Å². The number of primary amides is 1. The van der Waals surface area contributed by atoms with Gasteiger partial charge in [0.05, 0.1) is 12.0 Å². The van der Waals surface area contributed by atoms with Crippen molar-refractivity contribution >= 4 is 23.4 Å². The van der Waals surface area contributed by atoms with Crippen LogP contribution in [-0.4, -0.2) is 24.1 Å². The number of carbonyl (C=O) groups excluding carboxylic acids is 2. The van der Waals surface area contributed by atoms with Crippen molar-refractivity contribution in [2.75, 3.05) is 12.8 Å². The predicted molar refractivity (Wildman–Crippen MR) is 89.2 cm³/mol. The highest BCUT2D eigenvalue weighted by Gasteiger charge is 2.36. The highest BCUT2D eigenvalue weighted by Crippen LogP contribution is 2.46. The maximum Gasteiger partial charge on any atom is 0.410 e. The lowest BCUT2D eigenvalue weighted by Crippen LogP contribution is -2.21. The van der Waals surface area contributed by atoms with Gasteiger partial charge in [0, 0.05) is 5.56 Å². The average molecular weight is 363 g/mol. The van der Waals surface area contributed by atoms with E-state index in [9.17, 15) is 24.1 Å². The summed E-state index contributed by atoms with van der Waals surface area (Å²) in [5, 5.41) is 11.3. The van der Waals surface area contributed by atoms with E-state index >= 15 is 0 Å². The molecule has 4 N–H and O–H groups in total. The number of nitrogens with zero attached hydrogens (tertiary/aromatic N) is 1. The fourth-order valence-electron chi connectivity index (χ4n) is 2.49. The lowest BCUT2D eigenvalue weighted by Gasteiger charge is -2.17. The normalized spacial score (nSPS) is 10.3. The number of aryl methyl sites for hydroxylation is 1. The van der Waals surface area contributed by atoms with Crippen LogP contribution >= 0.6 is 0 Å². The molecule has 2 rings (SSSR count). The lowest BCUT2D eigenvalue weighted by atomic mass is 9.93. The van der Waals surface area contributed by atoms with E-state index in [-0.39, 0.29) is 5.56 Å². The molecule has 0 saturated heterocycles. The first-order chi connectivity index (χ1) is 12.2. The van der Waals surface area contributed by atoms with Crippen molar-refractivity contribution in [1.29, 1.82) is 0 Å². The third-order valence-corrected chi connectivity index (χ3v) is 3.59. The van der Waals surface area contributed by atoms with E-state index in [1.807, 2.05) is 0 Å². The number of nitrogen functional groups attached to an aromatic ring is 1. The van der Waals surface area contributed by atoms with E-state index in [1.54, 1.807) is 25.1 Å². The summed E-state index contributed by atoms with van der Waals surface area (Å²) in [7, 11) is 0.984. The molecule has 2 aromatic carbocycles. The maximum absolute atomic E-state index is 15.0. The lowest BCUT2D eigenvalue weighted by molar-refractivity contribution is -0.384. The first-order valence-electron chi connectivity index (χ1n) is 7.11. The van der Waals surface area contributed by atoms with Gasteiger partial charge >= 0.3 is 17.7 Å². The van der Waals surface area contributed by atoms with Crippen LogP contribution < -0.4 is 16.2 Å². The fraction of sp³-hybridized carbons (Fsp3) is 0.125. The Bertz CT molecular complexity index is 929. The first-order valence-corrected chi connectivity index (χ1v) is 7.11. The summed E-state index contributed by atoms with van der Waals surface area (Å²) in [5.74, 6) is -3.27. The van der Waals surface area contributed by atoms with Crippen molar-refractivity contribution in [2.45, 2.75) is 6.92 Å². The Morgan fingerprint density at radius 3 is 2.38 bits per heavy atom. The van der Waals surface area contributed by atoms with Crippen molar-refractivity contribution in [1.82, 2.24) is 0 Å². The summed E-state index contributed by atoms with van der Waals surface area (Å²) in [6, 6.07) is 6.33. The number of nitro benzene ring substituents is 1. The Morgan fingerprint density at radius 2 is 1.88 bits per heavy atom. The molecule has 1 amide bonds. The number of ether oxygens (including phenoxy) is 2. The number of hydrogen-bond acceptors (Lipinski definition) is 7. The molecule has 0 saturated carbocycles. The van der Waals surface area contributed by atoms with E-state index in [0.717, 1.165) is 7.11 Å². The topological polar surface area (TPSA) is 148 Å². The second kappa shape index (κ2) is 7.05. The van der Waals surface area contributed by atoms with E-state index in [0.29, 0.717) is 5.56 Å². The van der Waals surface area contributed by atoms with Gasteiger partial charge in [0.1, 0.15) is 5.56 Å². The molecule has 10 heteroatoms. The van der Waals surface area contributed by atoms with Gasteiger partial charge in [-0.3, -0.25) is 10.1 Å². The van der Waals surface area contributed by atoms with Gasteiger partial charge in [-0.15, -0.1) is 0 Å². The van der Waals surface area contributed by atoms with Crippen LogP contribution in [0.1, 0.15) is 15.9 Å². The largest absolute Gasteiger partial charge is 0.465 e. The van der Waals surface area contributed by atoms with Crippen LogP contribution in [0.25, 0.3) is 11.1 Å². The molecule has 0 heterocycles. The fourth-order valence-corrected chi connectivity index (χ4v) is 2.49. The number of esters is 1. The van der Waals surface area contributed by atoms with Gasteiger partial charge in [0.15, 0.2) is 11.5 Å². The molecule has 0 atom stereocenters. The van der Waals surface area contributed by atoms with Gasteiger partial charge in [0.25, 0.3) is 0 Å². The Kier molecular flexibility index (Phi) is 5.06. The molecule has 0 bridgehead atoms. The minimum absolute atomic E-state index is 0.210. The molecule has 0 aromatic heterocycles. The number of nitrogens with two attached hydrogens (primary N) is 2. The molecule has 0 unspecified atom stereocenters. The number of nitro groups is 1. The molecule has 0 aliphatic rings. The number of carbonyl (C=O) groups is 2. The summed E-state index contributed by atoms with van der Waals surface area (Å²) in [6.07, 6.45) is -1.44. The summed E-state index contributed by atoms with van der Waals surface area (Å²) >= 11 is 0. The molecule has 136 valence electrons. The highest BCUT2D eigenvalue weighted by molar-refractivity contribution is 6.05. The Labute approximate surface area is 146 Å². The van der Waals surface area contributed by atoms with Crippen molar-refractivity contribution in [2.24, 2.45) is 5.73 Å². The van der Waals surface area contributed by atoms with Crippen molar-refractivity contribution in [3.05, 3.63) is 51.3 Å². The van der Waals surface area contributed by atoms with Crippen LogP contribution in [0.5, 0.6) is 5.75 Å². The zero-order chi connectivity index (χ0) is 19.6. The smallest absolute Gasteiger partial charge is 0.410 e. The summed E-state index contributed by atoms with van der Waals surface area (Å²) < 4.78 is 24.2. The third-order valence-electron chi connectivity index (χ3n) is 3.59. The van der Waals surface area contributed by atoms with Crippen LogP contribution in [0.3, 0.4) is 0 Å². The van der Waals surface area contributed by atoms with Gasteiger partial charge in [-0.1, -0.05) is 24.3 Å². The van der Waals surface area contributed by atoms with Gasteiger partial charge in [-0.05, 0) is 18.1 Å². The zero-order valence-corrected chi connectivity index (χ0v) is 13.7. The van der Waals surface area contributed by atoms with E-state index in [2.05, 4.69) is 9.47 Å². The number of hydrogen-bond donors (Lipinski definition) is 2. The summed E-state index contributed by atoms with van der Waals surface area (Å²) in [4.78, 5) is 33.7. The van der Waals surface area contributed by atoms with Crippen molar-refractivity contribution in [3.63, 3.8) is 0 Å². The molecule has 0 spiro atoms. The van der Waals surface area contributed by atoms with Gasteiger partial charge in [-0.25, -0.2) is 14.0 Å². The monoisotopic (exact) mass is 363 g/mol. The maximum atomic E-state index is 15.0. The van der Waals surface area contributed by atoms with E-state index in [4.69, 9.17) is 11.5 Å². The van der Waals surface area contributed by atoms with Crippen molar-refractivity contribution < 1.29 is 28.4 Å². The second-order valence-corrected chi connectivity index (χ2v) is 5.14. The van der Waals surface area contributed by atoms with Crippen LogP contribution in [0.4, 0.5) is 20.6 Å². The molecule has 0 fully saturated rings. The molecule has 0 radical (unpaired) electrons. The Balaban J connectivity index is 3.07. The predicted octanol–water partition coefficient (Wildman–Crippen LogP) is 2.54. The molecular weight excluding hydrogens is 349 g/mol. The van der Waals surface area contributed by atoms with Crippen LogP contribution in [0.2, 0.25) is 0 Å². The van der Waals surface area contributed by atoms with Gasteiger partial charge in [0.2, 0.25) is 5.75 Å². The van der Waals surface area contributed by atoms with Gasteiger partial charge in [-0.2, -0.15) is 0 Å². The first kappa shape index (κ1) is 18.6. The molecule has 9 nitrogen and oxygen atoms in total. The molecule has 2 aromatic rings. The SMILES string of the molecule is COC(=O)c1c(OC(N)=O)c([N+](=O)[O-])c(N)c(F)c1-c1ccccc1C. The van der Waals surface area contributed by atoms with Gasteiger partial charge < -0.3 is 20.9 Å². The Morgan fingerprint density at radius 1 is 1.27 bits per heavy atom. The number of anilines is 1. The minimum atomic E-state index is -1.44. The zero-order valence-electron chi connectivity index (χ0n) is 13.7. The average Bonchev–Trinajstić information content (AvgIpc) is 2.57. The van der Waals surface area contributed by atoms with Crippen LogP contribution in [0, 0.1) is 22.9 Å². The second-order valence-electron chi connectivity index (χ2n) is 5.14. The van der Waals surface area contributed by atoms with E-state index in [1.165, 1.54) is 6.07 Å². The quantitative estimate of drug-likeness (QED) is 0.367. The number of rotatable bonds is 4. The Hall–Kier alpha value is -3.69. The highest BCUT2D eigenvalue weighted by atomic mass is 19.1. The summed E-state index contributed by atoms with van der Waals surface area (Å²) in [5.41, 5.74) is 8.18. The molecule has 0 aliphatic heterocycles. The summed E-state index contributed by atoms with van der Waals surface area (Å²) in [6.45, 7) is 1.63. The van der Waals surface area contributed by atoms with Crippen molar-refractivity contribution in [3.8, 4) is 16.9 Å². The van der Waals surface area contributed by atoms with E-state index < -0.39 is 51.1 Å². The number of amides is 1. The number of halogens is 1. The molecule has 0 aliphatic carbocycles. The molecular formula is C16H14FN3O6. The third kappa shape index (κ3) is 3.11. The number of benzene rings is 2. The minimum Gasteiger partial charge on any atom is -0.465 e. The standard InChI is InChI=1S/C16H14FN3O6/c1-7-5-3-4-6-8(7)9-10(15(21)25-2)14(26-16(19)22)13(20(23)24)12(18)11(9)17/h3-6H,18H2,1-2H3,(H2,19,22). The number of methoxy groups -OCH3 is 1. The molecule has 26 heavy (non-hydrogen) atoms. The van der Waals surface area contributed by atoms with Crippen LogP contribution in [-0.2, 0) is 4.74 Å².